The van der Waals surface area contributed by atoms with Gasteiger partial charge in [-0.25, -0.2) is 0 Å². The van der Waals surface area contributed by atoms with Gasteiger partial charge in [-0.2, -0.15) is 13.2 Å². The van der Waals surface area contributed by atoms with Crippen molar-refractivity contribution in [1.82, 2.24) is 0 Å². The second-order valence-corrected chi connectivity index (χ2v) is 4.89. The lowest BCUT2D eigenvalue weighted by Crippen LogP contribution is -2.04. The smallest absolute Gasteiger partial charge is 0.416 e. The molecule has 0 N–H and O–H groups in total. The van der Waals surface area contributed by atoms with E-state index in [4.69, 9.17) is 9.47 Å². The van der Waals surface area contributed by atoms with E-state index in [2.05, 4.69) is 0 Å². The lowest BCUT2D eigenvalue weighted by atomic mass is 10.1. The summed E-state index contributed by atoms with van der Waals surface area (Å²) in [6.45, 7) is 0.119. The number of carbonyl (C=O) groups excluding carboxylic acids is 1. The maximum atomic E-state index is 12.5. The molecule has 23 heavy (non-hydrogen) atoms. The molecule has 2 aromatic carbocycles. The summed E-state index contributed by atoms with van der Waals surface area (Å²) < 4.78 is 47.8. The highest BCUT2D eigenvalue weighted by molar-refractivity contribution is 6.07. The van der Waals surface area contributed by atoms with Gasteiger partial charge in [0.2, 0.25) is 6.79 Å². The molecular formula is C17H11F3O3. The van der Waals surface area contributed by atoms with E-state index in [0.29, 0.717) is 22.6 Å². The molecule has 0 saturated carbocycles. The minimum absolute atomic E-state index is 0.119. The summed E-state index contributed by atoms with van der Waals surface area (Å²) in [6, 6.07) is 9.39. The van der Waals surface area contributed by atoms with Gasteiger partial charge in [-0.1, -0.05) is 18.2 Å². The van der Waals surface area contributed by atoms with E-state index >= 15 is 0 Å². The fourth-order valence-electron chi connectivity index (χ4n) is 2.10. The Balaban J connectivity index is 1.73. The highest BCUT2D eigenvalue weighted by Gasteiger charge is 2.29. The molecule has 0 radical (unpaired) electrons. The van der Waals surface area contributed by atoms with Gasteiger partial charge in [-0.15, -0.1) is 0 Å². The van der Waals surface area contributed by atoms with E-state index in [-0.39, 0.29) is 12.6 Å². The van der Waals surface area contributed by atoms with Crippen LogP contribution in [0.5, 0.6) is 11.5 Å². The second-order valence-electron chi connectivity index (χ2n) is 4.89. The Morgan fingerprint density at radius 3 is 2.39 bits per heavy atom. The second kappa shape index (κ2) is 5.79. The van der Waals surface area contributed by atoms with E-state index in [1.54, 1.807) is 18.2 Å². The van der Waals surface area contributed by atoms with Crippen LogP contribution in [0.4, 0.5) is 13.2 Å². The summed E-state index contributed by atoms with van der Waals surface area (Å²) in [5.74, 6) is 0.801. The van der Waals surface area contributed by atoms with Gasteiger partial charge in [-0.3, -0.25) is 4.79 Å². The van der Waals surface area contributed by atoms with Crippen LogP contribution >= 0.6 is 0 Å². The monoisotopic (exact) mass is 320 g/mol. The first-order valence-electron chi connectivity index (χ1n) is 6.73. The van der Waals surface area contributed by atoms with Crippen LogP contribution in [0.3, 0.4) is 0 Å². The van der Waals surface area contributed by atoms with Crippen LogP contribution < -0.4 is 9.47 Å². The van der Waals surface area contributed by atoms with Crippen LogP contribution in [0, 0.1) is 0 Å². The quantitative estimate of drug-likeness (QED) is 0.624. The van der Waals surface area contributed by atoms with Crippen molar-refractivity contribution in [3.63, 3.8) is 0 Å². The SMILES string of the molecule is O=C(/C=C/c1ccc(C(F)(F)F)cc1)c1ccc2c(c1)OCO2. The Hall–Kier alpha value is -2.76. The van der Waals surface area contributed by atoms with Crippen LogP contribution in [0.2, 0.25) is 0 Å². The third kappa shape index (κ3) is 3.36. The number of halogens is 3. The number of hydrogen-bond acceptors (Lipinski definition) is 3. The minimum Gasteiger partial charge on any atom is -0.454 e. The maximum absolute atomic E-state index is 12.5. The maximum Gasteiger partial charge on any atom is 0.416 e. The van der Waals surface area contributed by atoms with Crippen molar-refractivity contribution in [2.24, 2.45) is 0 Å². The molecule has 1 aliphatic rings. The molecule has 118 valence electrons. The number of ketones is 1. The third-order valence-electron chi connectivity index (χ3n) is 3.32. The first kappa shape index (κ1) is 15.1. The molecule has 6 heteroatoms. The van der Waals surface area contributed by atoms with Crippen LogP contribution in [-0.2, 0) is 6.18 Å². The molecule has 0 atom stereocenters. The first-order valence-corrected chi connectivity index (χ1v) is 6.73. The van der Waals surface area contributed by atoms with Gasteiger partial charge in [0.15, 0.2) is 17.3 Å². The highest BCUT2D eigenvalue weighted by atomic mass is 19.4. The van der Waals surface area contributed by atoms with Gasteiger partial charge in [0.25, 0.3) is 0 Å². The highest BCUT2D eigenvalue weighted by Crippen LogP contribution is 2.33. The molecule has 0 saturated heterocycles. The standard InChI is InChI=1S/C17H11F3O3/c18-17(19,20)13-5-1-11(2-6-13)3-7-14(21)12-4-8-15-16(9-12)23-10-22-15/h1-9H,10H2/b7-3+. The number of carbonyl (C=O) groups is 1. The van der Waals surface area contributed by atoms with Crippen molar-refractivity contribution < 1.29 is 27.4 Å². The van der Waals surface area contributed by atoms with Gasteiger partial charge in [0.1, 0.15) is 0 Å². The molecular weight excluding hydrogens is 309 g/mol. The zero-order chi connectivity index (χ0) is 16.4. The van der Waals surface area contributed by atoms with Crippen molar-refractivity contribution in [3.8, 4) is 11.5 Å². The largest absolute Gasteiger partial charge is 0.454 e. The normalized spacial score (nSPS) is 13.5. The predicted molar refractivity (Wildman–Crippen MR) is 77.4 cm³/mol. The van der Waals surface area contributed by atoms with Crippen LogP contribution in [0.25, 0.3) is 6.08 Å². The molecule has 3 rings (SSSR count). The molecule has 0 bridgehead atoms. The summed E-state index contributed by atoms with van der Waals surface area (Å²) in [5, 5.41) is 0. The molecule has 1 aliphatic heterocycles. The van der Waals surface area contributed by atoms with Crippen molar-refractivity contribution in [3.05, 3.63) is 65.2 Å². The molecule has 0 fully saturated rings. The Morgan fingerprint density at radius 2 is 1.70 bits per heavy atom. The van der Waals surface area contributed by atoms with Crippen molar-refractivity contribution in [2.45, 2.75) is 6.18 Å². The number of ether oxygens (including phenoxy) is 2. The average molecular weight is 320 g/mol. The van der Waals surface area contributed by atoms with E-state index in [9.17, 15) is 18.0 Å². The number of alkyl halides is 3. The minimum atomic E-state index is -4.37. The molecule has 3 nitrogen and oxygen atoms in total. The zero-order valence-electron chi connectivity index (χ0n) is 11.8. The first-order chi connectivity index (χ1) is 10.9. The number of allylic oxidation sites excluding steroid dienone is 1. The number of rotatable bonds is 3. The van der Waals surface area contributed by atoms with Gasteiger partial charge in [0.05, 0.1) is 5.56 Å². The Kier molecular flexibility index (Phi) is 3.82. The fourth-order valence-corrected chi connectivity index (χ4v) is 2.10. The van der Waals surface area contributed by atoms with E-state index in [1.165, 1.54) is 24.3 Å². The number of fused-ring (bicyclic) bond motifs is 1. The Labute approximate surface area is 130 Å². The van der Waals surface area contributed by atoms with Gasteiger partial charge >= 0.3 is 6.18 Å². The molecule has 2 aromatic rings. The molecule has 0 spiro atoms. The van der Waals surface area contributed by atoms with Gasteiger partial charge in [-0.05, 0) is 42.0 Å². The van der Waals surface area contributed by atoms with Gasteiger partial charge in [0, 0.05) is 5.56 Å². The summed E-state index contributed by atoms with van der Waals surface area (Å²) in [7, 11) is 0. The Morgan fingerprint density at radius 1 is 1.00 bits per heavy atom. The van der Waals surface area contributed by atoms with Crippen molar-refractivity contribution in [1.29, 1.82) is 0 Å². The predicted octanol–water partition coefficient (Wildman–Crippen LogP) is 4.33. The third-order valence-corrected chi connectivity index (χ3v) is 3.32. The number of benzene rings is 2. The molecule has 0 unspecified atom stereocenters. The topological polar surface area (TPSA) is 35.5 Å². The molecule has 0 amide bonds. The lowest BCUT2D eigenvalue weighted by Gasteiger charge is -2.05. The van der Waals surface area contributed by atoms with Crippen molar-refractivity contribution >= 4 is 11.9 Å². The fraction of sp³-hybridized carbons (Fsp3) is 0.118. The molecule has 1 heterocycles. The molecule has 0 aliphatic carbocycles. The van der Waals surface area contributed by atoms with Crippen LogP contribution in [0.1, 0.15) is 21.5 Å². The lowest BCUT2D eigenvalue weighted by molar-refractivity contribution is -0.137. The number of hydrogen-bond donors (Lipinski definition) is 0. The van der Waals surface area contributed by atoms with E-state index in [1.807, 2.05) is 0 Å². The van der Waals surface area contributed by atoms with E-state index < -0.39 is 11.7 Å². The molecule has 0 aromatic heterocycles. The summed E-state index contributed by atoms with van der Waals surface area (Å²) in [6.07, 6.45) is -1.60. The summed E-state index contributed by atoms with van der Waals surface area (Å²) in [5.41, 5.74) is 0.196. The summed E-state index contributed by atoms with van der Waals surface area (Å²) >= 11 is 0. The average Bonchev–Trinajstić information content (AvgIpc) is 2.99. The van der Waals surface area contributed by atoms with Crippen LogP contribution in [0.15, 0.2) is 48.5 Å². The van der Waals surface area contributed by atoms with Gasteiger partial charge < -0.3 is 9.47 Å². The summed E-state index contributed by atoms with van der Waals surface area (Å²) in [4.78, 5) is 12.1. The van der Waals surface area contributed by atoms with Crippen LogP contribution in [-0.4, -0.2) is 12.6 Å². The van der Waals surface area contributed by atoms with Crippen molar-refractivity contribution in [2.75, 3.05) is 6.79 Å². The Bertz CT molecular complexity index is 762. The zero-order valence-corrected chi connectivity index (χ0v) is 11.8. The van der Waals surface area contributed by atoms with E-state index in [0.717, 1.165) is 12.1 Å².